The summed E-state index contributed by atoms with van der Waals surface area (Å²) in [5.74, 6) is -1.11. The molecule has 0 heterocycles. The third-order valence-corrected chi connectivity index (χ3v) is 5.51. The summed E-state index contributed by atoms with van der Waals surface area (Å²) in [5.41, 5.74) is 0.862. The number of ether oxygens (including phenoxy) is 2. The van der Waals surface area contributed by atoms with Crippen LogP contribution in [-0.4, -0.2) is 45.1 Å². The largest absolute Gasteiger partial charge is 0.462 e. The lowest BCUT2D eigenvalue weighted by Crippen LogP contribution is -2.16. The monoisotopic (exact) mass is 390 g/mol. The first-order valence-corrected chi connectivity index (χ1v) is 10.4. The SMILES string of the molecule is O=C(OCCCS(=O)(=O)CCCOC(=O)c1ccccc1)c1ccccc1. The fourth-order valence-electron chi connectivity index (χ4n) is 2.30. The van der Waals surface area contributed by atoms with E-state index in [0.29, 0.717) is 11.1 Å². The summed E-state index contributed by atoms with van der Waals surface area (Å²) in [6, 6.07) is 17.0. The fourth-order valence-corrected chi connectivity index (χ4v) is 3.62. The van der Waals surface area contributed by atoms with Crippen LogP contribution < -0.4 is 0 Å². The summed E-state index contributed by atoms with van der Waals surface area (Å²) in [5, 5.41) is 0. The second-order valence-electron chi connectivity index (χ2n) is 5.86. The molecule has 0 aliphatic heterocycles. The minimum absolute atomic E-state index is 0.0376. The van der Waals surface area contributed by atoms with Gasteiger partial charge in [-0.05, 0) is 37.1 Å². The third kappa shape index (κ3) is 7.62. The molecule has 0 spiro atoms. The van der Waals surface area contributed by atoms with Crippen molar-refractivity contribution < 1.29 is 27.5 Å². The smallest absolute Gasteiger partial charge is 0.338 e. The summed E-state index contributed by atoms with van der Waals surface area (Å²) in [7, 11) is -3.29. The van der Waals surface area contributed by atoms with E-state index in [1.807, 2.05) is 0 Å². The zero-order valence-corrected chi connectivity index (χ0v) is 15.7. The fraction of sp³-hybridized carbons (Fsp3) is 0.300. The molecule has 0 saturated carbocycles. The number of sulfone groups is 1. The summed E-state index contributed by atoms with van der Waals surface area (Å²) >= 11 is 0. The van der Waals surface area contributed by atoms with Crippen molar-refractivity contribution in [2.24, 2.45) is 0 Å². The average Bonchev–Trinajstić information content (AvgIpc) is 2.69. The summed E-state index contributed by atoms with van der Waals surface area (Å²) in [6.07, 6.45) is 0.454. The van der Waals surface area contributed by atoms with Crippen LogP contribution in [0.4, 0.5) is 0 Å². The predicted octanol–water partition coefficient (Wildman–Crippen LogP) is 2.90. The van der Waals surface area contributed by atoms with Gasteiger partial charge in [0, 0.05) is 0 Å². The molecule has 2 rings (SSSR count). The molecule has 7 heteroatoms. The van der Waals surface area contributed by atoms with E-state index in [-0.39, 0.29) is 37.6 Å². The minimum atomic E-state index is -3.29. The first-order valence-electron chi connectivity index (χ1n) is 8.63. The standard InChI is InChI=1S/C20H22O6S/c21-19(17-9-3-1-4-10-17)25-13-7-15-27(23,24)16-8-14-26-20(22)18-11-5-2-6-12-18/h1-6,9-12H,7-8,13-16H2. The number of carbonyl (C=O) groups excluding carboxylic acids is 2. The highest BCUT2D eigenvalue weighted by Crippen LogP contribution is 2.05. The maximum atomic E-state index is 12.0. The number of rotatable bonds is 10. The molecule has 27 heavy (non-hydrogen) atoms. The second kappa shape index (κ2) is 10.5. The van der Waals surface area contributed by atoms with Gasteiger partial charge in [-0.25, -0.2) is 18.0 Å². The van der Waals surface area contributed by atoms with Gasteiger partial charge in [0.25, 0.3) is 0 Å². The molecule has 0 aromatic heterocycles. The number of hydrogen-bond acceptors (Lipinski definition) is 6. The topological polar surface area (TPSA) is 86.7 Å². The molecular formula is C20H22O6S. The molecular weight excluding hydrogens is 368 g/mol. The molecule has 6 nitrogen and oxygen atoms in total. The van der Waals surface area contributed by atoms with Crippen molar-refractivity contribution in [2.45, 2.75) is 12.8 Å². The van der Waals surface area contributed by atoms with Crippen molar-refractivity contribution in [3.63, 3.8) is 0 Å². The molecule has 0 atom stereocenters. The predicted molar refractivity (Wildman–Crippen MR) is 101 cm³/mol. The maximum Gasteiger partial charge on any atom is 0.338 e. The molecule has 0 saturated heterocycles. The quantitative estimate of drug-likeness (QED) is 0.458. The van der Waals surface area contributed by atoms with E-state index in [4.69, 9.17) is 9.47 Å². The van der Waals surface area contributed by atoms with Gasteiger partial charge in [-0.15, -0.1) is 0 Å². The first-order chi connectivity index (χ1) is 13.0. The Morgan fingerprint density at radius 1 is 0.667 bits per heavy atom. The lowest BCUT2D eigenvalue weighted by molar-refractivity contribution is 0.0498. The van der Waals surface area contributed by atoms with E-state index in [0.717, 1.165) is 0 Å². The Bertz CT molecular complexity index is 766. The van der Waals surface area contributed by atoms with E-state index in [1.165, 1.54) is 0 Å². The van der Waals surface area contributed by atoms with Crippen LogP contribution in [0.2, 0.25) is 0 Å². The number of esters is 2. The van der Waals surface area contributed by atoms with Gasteiger partial charge in [0.2, 0.25) is 0 Å². The third-order valence-electron chi connectivity index (χ3n) is 3.68. The Labute approximate surface area is 159 Å². The summed E-state index contributed by atoms with van der Waals surface area (Å²) in [6.45, 7) is 0.0753. The van der Waals surface area contributed by atoms with Crippen LogP contribution in [-0.2, 0) is 19.3 Å². The summed E-state index contributed by atoms with van der Waals surface area (Å²) in [4.78, 5) is 23.5. The van der Waals surface area contributed by atoms with E-state index in [1.54, 1.807) is 60.7 Å². The molecule has 0 aliphatic carbocycles. The van der Waals surface area contributed by atoms with Crippen LogP contribution in [0.5, 0.6) is 0 Å². The lowest BCUT2D eigenvalue weighted by atomic mass is 10.2. The van der Waals surface area contributed by atoms with Crippen molar-refractivity contribution in [1.82, 2.24) is 0 Å². The van der Waals surface area contributed by atoms with Crippen molar-refractivity contribution in [3.8, 4) is 0 Å². The molecule has 0 fully saturated rings. The molecule has 0 bridgehead atoms. The highest BCUT2D eigenvalue weighted by Gasteiger charge is 2.13. The van der Waals surface area contributed by atoms with Gasteiger partial charge in [-0.2, -0.15) is 0 Å². The Balaban J connectivity index is 1.61. The number of benzene rings is 2. The van der Waals surface area contributed by atoms with Crippen molar-refractivity contribution >= 4 is 21.8 Å². The minimum Gasteiger partial charge on any atom is -0.462 e. The van der Waals surface area contributed by atoms with Gasteiger partial charge in [0.15, 0.2) is 9.84 Å². The van der Waals surface area contributed by atoms with Crippen LogP contribution >= 0.6 is 0 Å². The van der Waals surface area contributed by atoms with Gasteiger partial charge in [0.1, 0.15) is 0 Å². The van der Waals surface area contributed by atoms with Crippen LogP contribution in [0.1, 0.15) is 33.6 Å². The van der Waals surface area contributed by atoms with E-state index >= 15 is 0 Å². The number of hydrogen-bond donors (Lipinski definition) is 0. The highest BCUT2D eigenvalue weighted by molar-refractivity contribution is 7.91. The molecule has 0 radical (unpaired) electrons. The Kier molecular flexibility index (Phi) is 8.00. The van der Waals surface area contributed by atoms with Crippen molar-refractivity contribution in [1.29, 1.82) is 0 Å². The van der Waals surface area contributed by atoms with E-state index in [9.17, 15) is 18.0 Å². The molecule has 0 aliphatic rings. The van der Waals surface area contributed by atoms with Crippen LogP contribution in [0.25, 0.3) is 0 Å². The second-order valence-corrected chi connectivity index (χ2v) is 8.17. The average molecular weight is 390 g/mol. The van der Waals surface area contributed by atoms with Crippen LogP contribution in [0.15, 0.2) is 60.7 Å². The van der Waals surface area contributed by atoms with Crippen LogP contribution in [0, 0.1) is 0 Å². The van der Waals surface area contributed by atoms with Crippen molar-refractivity contribution in [2.75, 3.05) is 24.7 Å². The normalized spacial score (nSPS) is 11.0. The molecule has 0 N–H and O–H groups in total. The molecule has 144 valence electrons. The van der Waals surface area contributed by atoms with Crippen molar-refractivity contribution in [3.05, 3.63) is 71.8 Å². The van der Waals surface area contributed by atoms with Gasteiger partial charge in [0.05, 0.1) is 35.8 Å². The van der Waals surface area contributed by atoms with Gasteiger partial charge >= 0.3 is 11.9 Å². The van der Waals surface area contributed by atoms with Gasteiger partial charge in [-0.1, -0.05) is 36.4 Å². The van der Waals surface area contributed by atoms with Gasteiger partial charge < -0.3 is 9.47 Å². The molecule has 0 unspecified atom stereocenters. The van der Waals surface area contributed by atoms with E-state index in [2.05, 4.69) is 0 Å². The number of carbonyl (C=O) groups is 2. The lowest BCUT2D eigenvalue weighted by Gasteiger charge is -2.07. The summed E-state index contributed by atoms with van der Waals surface area (Å²) < 4.78 is 34.1. The van der Waals surface area contributed by atoms with E-state index < -0.39 is 21.8 Å². The Morgan fingerprint density at radius 3 is 1.41 bits per heavy atom. The molecule has 2 aromatic rings. The Morgan fingerprint density at radius 2 is 1.04 bits per heavy atom. The maximum absolute atomic E-state index is 12.0. The zero-order chi connectivity index (χ0) is 19.5. The van der Waals surface area contributed by atoms with Gasteiger partial charge in [-0.3, -0.25) is 0 Å². The first kappa shape index (κ1) is 20.6. The highest BCUT2D eigenvalue weighted by atomic mass is 32.2. The molecule has 0 amide bonds. The molecule has 2 aromatic carbocycles. The Hall–Kier alpha value is -2.67. The zero-order valence-electron chi connectivity index (χ0n) is 14.9. The van der Waals surface area contributed by atoms with Crippen LogP contribution in [0.3, 0.4) is 0 Å².